The Morgan fingerprint density at radius 2 is 2.13 bits per heavy atom. The summed E-state index contributed by atoms with van der Waals surface area (Å²) in [5, 5.41) is 6.35. The van der Waals surface area contributed by atoms with Crippen molar-refractivity contribution in [3.05, 3.63) is 11.9 Å². The number of nitrogens with zero attached hydrogens (tertiary/aromatic N) is 2. The Morgan fingerprint density at radius 1 is 1.47 bits per heavy atom. The highest BCUT2D eigenvalue weighted by Crippen LogP contribution is 2.14. The number of piperazine rings is 1. The van der Waals surface area contributed by atoms with E-state index in [2.05, 4.69) is 20.5 Å². The van der Waals surface area contributed by atoms with Crippen LogP contribution in [0.5, 0.6) is 0 Å². The fraction of sp³-hybridized carbons (Fsp3) is 0.667. The average Bonchev–Trinajstić information content (AvgIpc) is 2.16. The maximum atomic E-state index is 5.94. The lowest BCUT2D eigenvalue weighted by Gasteiger charge is -2.35. The van der Waals surface area contributed by atoms with E-state index in [4.69, 9.17) is 11.5 Å². The van der Waals surface area contributed by atoms with Gasteiger partial charge in [0.05, 0.1) is 0 Å². The minimum atomic E-state index is -0.699. The first-order valence-corrected chi connectivity index (χ1v) is 5.17. The normalized spacial score (nSPS) is 31.7. The van der Waals surface area contributed by atoms with Gasteiger partial charge in [-0.1, -0.05) is 0 Å². The monoisotopic (exact) mass is 210 g/mol. The molecule has 0 aromatic carbocycles. The Balaban J connectivity index is 2.12. The van der Waals surface area contributed by atoms with Crippen molar-refractivity contribution in [3.8, 4) is 0 Å². The Labute approximate surface area is 89.4 Å². The van der Waals surface area contributed by atoms with Gasteiger partial charge in [-0.3, -0.25) is 0 Å². The van der Waals surface area contributed by atoms with Crippen molar-refractivity contribution >= 4 is 5.96 Å². The third-order valence-corrected chi connectivity index (χ3v) is 2.50. The van der Waals surface area contributed by atoms with Crippen molar-refractivity contribution in [2.45, 2.75) is 12.6 Å². The summed E-state index contributed by atoms with van der Waals surface area (Å²) in [5.74, 6) is 1.35. The number of nitrogens with two attached hydrogens (primary N) is 2. The van der Waals surface area contributed by atoms with Crippen LogP contribution in [0.2, 0.25) is 0 Å². The first-order valence-electron chi connectivity index (χ1n) is 5.17. The third-order valence-electron chi connectivity index (χ3n) is 2.50. The van der Waals surface area contributed by atoms with Gasteiger partial charge < -0.3 is 27.0 Å². The van der Waals surface area contributed by atoms with E-state index in [9.17, 15) is 0 Å². The summed E-state index contributed by atoms with van der Waals surface area (Å²) in [6.45, 7) is 5.72. The van der Waals surface area contributed by atoms with E-state index in [0.29, 0.717) is 5.96 Å². The van der Waals surface area contributed by atoms with Crippen LogP contribution in [0.1, 0.15) is 6.92 Å². The summed E-state index contributed by atoms with van der Waals surface area (Å²) < 4.78 is 0. The van der Waals surface area contributed by atoms with E-state index in [1.54, 1.807) is 0 Å². The maximum absolute atomic E-state index is 5.94. The average molecular weight is 210 g/mol. The van der Waals surface area contributed by atoms with E-state index >= 15 is 0 Å². The largest absolute Gasteiger partial charge is 0.370 e. The van der Waals surface area contributed by atoms with Crippen molar-refractivity contribution in [1.82, 2.24) is 15.5 Å². The quantitative estimate of drug-likeness (QED) is 0.415. The number of hydrogen-bond acceptors (Lipinski definition) is 6. The summed E-state index contributed by atoms with van der Waals surface area (Å²) in [7, 11) is 0. The lowest BCUT2D eigenvalue weighted by molar-refractivity contribution is 0.283. The molecule has 84 valence electrons. The molecule has 2 rings (SSSR count). The van der Waals surface area contributed by atoms with Crippen LogP contribution < -0.4 is 22.1 Å². The molecule has 0 bridgehead atoms. The van der Waals surface area contributed by atoms with Gasteiger partial charge >= 0.3 is 0 Å². The van der Waals surface area contributed by atoms with Crippen LogP contribution in [0.4, 0.5) is 0 Å². The highest BCUT2D eigenvalue weighted by Gasteiger charge is 2.24. The van der Waals surface area contributed by atoms with Gasteiger partial charge in [0.25, 0.3) is 0 Å². The van der Waals surface area contributed by atoms with E-state index in [1.807, 2.05) is 13.0 Å². The van der Waals surface area contributed by atoms with Crippen LogP contribution in [0, 0.1) is 0 Å². The molecular weight excluding hydrogens is 192 g/mol. The molecule has 2 heterocycles. The summed E-state index contributed by atoms with van der Waals surface area (Å²) >= 11 is 0. The van der Waals surface area contributed by atoms with Gasteiger partial charge in [-0.05, 0) is 13.0 Å². The Hall–Kier alpha value is -1.27. The molecule has 1 atom stereocenters. The van der Waals surface area contributed by atoms with E-state index in [0.717, 1.165) is 32.0 Å². The fourth-order valence-corrected chi connectivity index (χ4v) is 1.84. The molecule has 0 aromatic rings. The van der Waals surface area contributed by atoms with Crippen LogP contribution in [-0.2, 0) is 0 Å². The zero-order valence-electron chi connectivity index (χ0n) is 8.95. The smallest absolute Gasteiger partial charge is 0.196 e. The first-order chi connectivity index (χ1) is 7.07. The van der Waals surface area contributed by atoms with Gasteiger partial charge in [0.1, 0.15) is 11.5 Å². The topological polar surface area (TPSA) is 91.7 Å². The van der Waals surface area contributed by atoms with Gasteiger partial charge in [0, 0.05) is 26.2 Å². The molecule has 2 aliphatic rings. The van der Waals surface area contributed by atoms with Crippen molar-refractivity contribution in [3.63, 3.8) is 0 Å². The standard InChI is InChI=1S/C9H18N6/c1-9(11)6-7(13-8(10)14-9)15-4-2-12-3-5-15/h6,12H,2-5,11H2,1H3,(H3,10,13,14). The van der Waals surface area contributed by atoms with Crippen LogP contribution in [0.25, 0.3) is 0 Å². The molecule has 0 spiro atoms. The number of aliphatic imine (C=N–C) groups is 1. The Morgan fingerprint density at radius 3 is 2.73 bits per heavy atom. The minimum absolute atomic E-state index is 0.385. The zero-order chi connectivity index (χ0) is 10.9. The molecule has 0 saturated carbocycles. The Kier molecular flexibility index (Phi) is 2.54. The summed E-state index contributed by atoms with van der Waals surface area (Å²) in [5.41, 5.74) is 10.9. The fourth-order valence-electron chi connectivity index (χ4n) is 1.84. The van der Waals surface area contributed by atoms with Crippen molar-refractivity contribution in [1.29, 1.82) is 0 Å². The van der Waals surface area contributed by atoms with E-state index < -0.39 is 5.66 Å². The van der Waals surface area contributed by atoms with Gasteiger partial charge in [-0.15, -0.1) is 0 Å². The number of guanidine groups is 1. The molecule has 15 heavy (non-hydrogen) atoms. The van der Waals surface area contributed by atoms with Gasteiger partial charge in [0.15, 0.2) is 5.96 Å². The summed E-state index contributed by atoms with van der Waals surface area (Å²) in [6, 6.07) is 0. The molecule has 6 heteroatoms. The lowest BCUT2D eigenvalue weighted by atomic mass is 10.2. The van der Waals surface area contributed by atoms with Crippen molar-refractivity contribution < 1.29 is 0 Å². The molecule has 1 saturated heterocycles. The first kappa shape index (κ1) is 10.3. The SMILES string of the molecule is CC1(N)C=C(N2CCNCC2)NC(N)=N1. The molecule has 0 amide bonds. The minimum Gasteiger partial charge on any atom is -0.370 e. The van der Waals surface area contributed by atoms with E-state index in [-0.39, 0.29) is 0 Å². The molecule has 0 aliphatic carbocycles. The van der Waals surface area contributed by atoms with Crippen molar-refractivity contribution in [2.24, 2.45) is 16.5 Å². The van der Waals surface area contributed by atoms with Crippen LogP contribution in [0.3, 0.4) is 0 Å². The van der Waals surface area contributed by atoms with Crippen molar-refractivity contribution in [2.75, 3.05) is 26.2 Å². The van der Waals surface area contributed by atoms with Gasteiger partial charge in [-0.25, -0.2) is 4.99 Å². The second kappa shape index (κ2) is 3.71. The predicted octanol–water partition coefficient (Wildman–Crippen LogP) is -1.67. The lowest BCUT2D eigenvalue weighted by Crippen LogP contribution is -2.52. The molecule has 0 aromatic heterocycles. The summed E-state index contributed by atoms with van der Waals surface area (Å²) in [4.78, 5) is 6.33. The van der Waals surface area contributed by atoms with Crippen LogP contribution >= 0.6 is 0 Å². The summed E-state index contributed by atoms with van der Waals surface area (Å²) in [6.07, 6.45) is 1.91. The molecule has 6 nitrogen and oxygen atoms in total. The second-order valence-electron chi connectivity index (χ2n) is 4.11. The maximum Gasteiger partial charge on any atom is 0.196 e. The van der Waals surface area contributed by atoms with E-state index in [1.165, 1.54) is 0 Å². The highest BCUT2D eigenvalue weighted by molar-refractivity contribution is 5.81. The number of hydrogen-bond donors (Lipinski definition) is 4. The predicted molar refractivity (Wildman–Crippen MR) is 59.9 cm³/mol. The van der Waals surface area contributed by atoms with Gasteiger partial charge in [0.2, 0.25) is 0 Å². The molecule has 6 N–H and O–H groups in total. The molecule has 2 aliphatic heterocycles. The Bertz CT molecular complexity index is 300. The number of nitrogens with one attached hydrogen (secondary N) is 2. The van der Waals surface area contributed by atoms with Crippen LogP contribution in [0.15, 0.2) is 16.9 Å². The molecule has 1 fully saturated rings. The zero-order valence-corrected chi connectivity index (χ0v) is 8.95. The highest BCUT2D eigenvalue weighted by atomic mass is 15.3. The molecule has 1 unspecified atom stereocenters. The van der Waals surface area contributed by atoms with Crippen LogP contribution in [-0.4, -0.2) is 42.7 Å². The number of rotatable bonds is 1. The molecular formula is C9H18N6. The molecule has 0 radical (unpaired) electrons. The third kappa shape index (κ3) is 2.40. The second-order valence-corrected chi connectivity index (χ2v) is 4.11. The van der Waals surface area contributed by atoms with Gasteiger partial charge in [-0.2, -0.15) is 0 Å².